The first-order valence-electron chi connectivity index (χ1n) is 11.2. The molecule has 1 aliphatic rings. The molecule has 1 atom stereocenters. The number of halogens is 1. The molecule has 1 amide bonds. The Morgan fingerprint density at radius 1 is 1.09 bits per heavy atom. The number of hydrogen-bond donors (Lipinski definition) is 0. The van der Waals surface area contributed by atoms with Gasteiger partial charge in [0.05, 0.1) is 11.8 Å². The lowest BCUT2D eigenvalue weighted by molar-refractivity contribution is -0.131. The predicted octanol–water partition coefficient (Wildman–Crippen LogP) is 5.40. The maximum Gasteiger partial charge on any atom is 0.235 e. The van der Waals surface area contributed by atoms with Gasteiger partial charge in [-0.1, -0.05) is 61.4 Å². The Hall–Kier alpha value is -2.67. The quantitative estimate of drug-likeness (QED) is 0.450. The normalized spacial score (nSPS) is 15.5. The fourth-order valence-corrected chi connectivity index (χ4v) is 5.19. The van der Waals surface area contributed by atoms with Crippen molar-refractivity contribution in [1.82, 2.24) is 19.7 Å². The lowest BCUT2D eigenvalue weighted by Crippen LogP contribution is -2.42. The molecule has 1 fully saturated rings. The number of amides is 1. The highest BCUT2D eigenvalue weighted by Crippen LogP contribution is 2.30. The van der Waals surface area contributed by atoms with E-state index in [9.17, 15) is 9.18 Å². The fourth-order valence-electron chi connectivity index (χ4n) is 4.24. The standard InChI is InChI=1S/C25H29FN4OS/c1-18(24(31)29(2)22-11-7-4-8-12-22)32-25-28-27-23(20-13-15-21(26)16-14-20)30(25)17-19-9-5-3-6-10-19/h3,5-6,9-10,13-16,18,22H,4,7-8,11-12,17H2,1-2H3. The molecule has 1 heterocycles. The molecule has 5 nitrogen and oxygen atoms in total. The highest BCUT2D eigenvalue weighted by Gasteiger charge is 2.28. The molecule has 4 rings (SSSR count). The average molecular weight is 453 g/mol. The summed E-state index contributed by atoms with van der Waals surface area (Å²) in [6.07, 6.45) is 5.81. The molecule has 1 saturated carbocycles. The molecule has 0 saturated heterocycles. The zero-order valence-electron chi connectivity index (χ0n) is 18.6. The summed E-state index contributed by atoms with van der Waals surface area (Å²) in [6.45, 7) is 2.51. The van der Waals surface area contributed by atoms with Gasteiger partial charge in [-0.3, -0.25) is 9.36 Å². The molecule has 168 valence electrons. The van der Waals surface area contributed by atoms with Crippen LogP contribution >= 0.6 is 11.8 Å². The van der Waals surface area contributed by atoms with Gasteiger partial charge >= 0.3 is 0 Å². The Kier molecular flexibility index (Phi) is 7.25. The second kappa shape index (κ2) is 10.3. The number of rotatable bonds is 7. The van der Waals surface area contributed by atoms with Crippen molar-refractivity contribution in [2.75, 3.05) is 7.05 Å². The van der Waals surface area contributed by atoms with Crippen LogP contribution in [0.2, 0.25) is 0 Å². The van der Waals surface area contributed by atoms with Gasteiger partial charge in [0, 0.05) is 18.7 Å². The van der Waals surface area contributed by atoms with Crippen molar-refractivity contribution >= 4 is 17.7 Å². The summed E-state index contributed by atoms with van der Waals surface area (Å²) in [5.74, 6) is 0.499. The minimum Gasteiger partial charge on any atom is -0.342 e. The summed E-state index contributed by atoms with van der Waals surface area (Å²) >= 11 is 1.43. The molecule has 32 heavy (non-hydrogen) atoms. The Balaban J connectivity index is 1.58. The Morgan fingerprint density at radius 3 is 2.47 bits per heavy atom. The number of hydrogen-bond acceptors (Lipinski definition) is 4. The second-order valence-electron chi connectivity index (χ2n) is 8.39. The average Bonchev–Trinajstić information content (AvgIpc) is 3.21. The topological polar surface area (TPSA) is 51.0 Å². The molecule has 2 aromatic carbocycles. The van der Waals surface area contributed by atoms with Gasteiger partial charge < -0.3 is 4.90 Å². The van der Waals surface area contributed by atoms with Gasteiger partial charge in [-0.15, -0.1) is 10.2 Å². The Labute approximate surface area is 193 Å². The second-order valence-corrected chi connectivity index (χ2v) is 9.69. The van der Waals surface area contributed by atoms with Gasteiger partial charge in [-0.05, 0) is 49.6 Å². The number of carbonyl (C=O) groups excluding carboxylic acids is 1. The van der Waals surface area contributed by atoms with Crippen molar-refractivity contribution in [3.05, 3.63) is 66.0 Å². The molecule has 0 radical (unpaired) electrons. The minimum absolute atomic E-state index is 0.125. The fraction of sp³-hybridized carbons (Fsp3) is 0.400. The van der Waals surface area contributed by atoms with E-state index in [1.54, 1.807) is 12.1 Å². The first-order valence-corrected chi connectivity index (χ1v) is 12.1. The van der Waals surface area contributed by atoms with Gasteiger partial charge in [0.15, 0.2) is 11.0 Å². The largest absolute Gasteiger partial charge is 0.342 e. The highest BCUT2D eigenvalue weighted by atomic mass is 32.2. The lowest BCUT2D eigenvalue weighted by Gasteiger charge is -2.32. The summed E-state index contributed by atoms with van der Waals surface area (Å²) < 4.78 is 15.5. The maximum absolute atomic E-state index is 13.5. The van der Waals surface area contributed by atoms with Gasteiger partial charge in [0.25, 0.3) is 0 Å². The van der Waals surface area contributed by atoms with Crippen molar-refractivity contribution in [3.63, 3.8) is 0 Å². The molecule has 1 unspecified atom stereocenters. The summed E-state index contributed by atoms with van der Waals surface area (Å²) in [6, 6.07) is 16.7. The maximum atomic E-state index is 13.5. The Morgan fingerprint density at radius 2 is 1.78 bits per heavy atom. The van der Waals surface area contributed by atoms with Crippen LogP contribution in [0.3, 0.4) is 0 Å². The SMILES string of the molecule is CC(Sc1nnc(-c2ccc(F)cc2)n1Cc1ccccc1)C(=O)N(C)C1CCCCC1. The number of carbonyl (C=O) groups is 1. The van der Waals surface area contributed by atoms with Crippen LogP contribution < -0.4 is 0 Å². The molecule has 0 spiro atoms. The van der Waals surface area contributed by atoms with Crippen molar-refractivity contribution in [3.8, 4) is 11.4 Å². The molecule has 0 N–H and O–H groups in total. The Bertz CT molecular complexity index is 1030. The van der Waals surface area contributed by atoms with Crippen molar-refractivity contribution in [1.29, 1.82) is 0 Å². The number of nitrogens with zero attached hydrogens (tertiary/aromatic N) is 4. The molecule has 0 aliphatic heterocycles. The predicted molar refractivity (Wildman–Crippen MR) is 126 cm³/mol. The van der Waals surface area contributed by atoms with E-state index in [2.05, 4.69) is 10.2 Å². The third kappa shape index (κ3) is 5.21. The molecule has 7 heteroatoms. The zero-order valence-corrected chi connectivity index (χ0v) is 19.4. The van der Waals surface area contributed by atoms with Crippen LogP contribution in [-0.2, 0) is 11.3 Å². The third-order valence-corrected chi connectivity index (χ3v) is 7.17. The molecule has 1 aromatic heterocycles. The van der Waals surface area contributed by atoms with Crippen LogP contribution in [0.1, 0.15) is 44.6 Å². The molecule has 1 aliphatic carbocycles. The van der Waals surface area contributed by atoms with E-state index in [1.807, 2.05) is 53.8 Å². The highest BCUT2D eigenvalue weighted by molar-refractivity contribution is 8.00. The monoisotopic (exact) mass is 452 g/mol. The van der Waals surface area contributed by atoms with Crippen LogP contribution in [0, 0.1) is 5.82 Å². The zero-order chi connectivity index (χ0) is 22.5. The van der Waals surface area contributed by atoms with E-state index in [0.29, 0.717) is 23.6 Å². The molecular weight excluding hydrogens is 423 g/mol. The van der Waals surface area contributed by atoms with E-state index in [0.717, 1.165) is 24.0 Å². The van der Waals surface area contributed by atoms with Crippen molar-refractivity contribution < 1.29 is 9.18 Å². The van der Waals surface area contributed by atoms with Crippen LogP contribution in [0.25, 0.3) is 11.4 Å². The van der Waals surface area contributed by atoms with E-state index >= 15 is 0 Å². The third-order valence-electron chi connectivity index (χ3n) is 6.10. The summed E-state index contributed by atoms with van der Waals surface area (Å²) in [4.78, 5) is 15.1. The summed E-state index contributed by atoms with van der Waals surface area (Å²) in [7, 11) is 1.92. The van der Waals surface area contributed by atoms with E-state index in [4.69, 9.17) is 0 Å². The first-order chi connectivity index (χ1) is 15.5. The smallest absolute Gasteiger partial charge is 0.235 e. The number of benzene rings is 2. The van der Waals surface area contributed by atoms with Gasteiger partial charge in [0.1, 0.15) is 5.82 Å². The summed E-state index contributed by atoms with van der Waals surface area (Å²) in [5.41, 5.74) is 1.90. The van der Waals surface area contributed by atoms with E-state index in [-0.39, 0.29) is 17.0 Å². The van der Waals surface area contributed by atoms with Crippen molar-refractivity contribution in [2.24, 2.45) is 0 Å². The van der Waals surface area contributed by atoms with Crippen LogP contribution in [-0.4, -0.2) is 43.9 Å². The van der Waals surface area contributed by atoms with Crippen LogP contribution in [0.15, 0.2) is 59.8 Å². The first kappa shape index (κ1) is 22.5. The van der Waals surface area contributed by atoms with Gasteiger partial charge in [-0.2, -0.15) is 0 Å². The van der Waals surface area contributed by atoms with E-state index < -0.39 is 0 Å². The molecular formula is C25H29FN4OS. The summed E-state index contributed by atoms with van der Waals surface area (Å²) in [5, 5.41) is 9.23. The van der Waals surface area contributed by atoms with Crippen LogP contribution in [0.4, 0.5) is 4.39 Å². The van der Waals surface area contributed by atoms with Gasteiger partial charge in [0.2, 0.25) is 5.91 Å². The lowest BCUT2D eigenvalue weighted by atomic mass is 9.94. The van der Waals surface area contributed by atoms with Crippen molar-refractivity contribution in [2.45, 2.75) is 62.0 Å². The van der Waals surface area contributed by atoms with Crippen LogP contribution in [0.5, 0.6) is 0 Å². The molecule has 3 aromatic rings. The van der Waals surface area contributed by atoms with E-state index in [1.165, 1.54) is 43.2 Å². The number of thioether (sulfide) groups is 1. The molecule has 0 bridgehead atoms. The number of aromatic nitrogens is 3. The minimum atomic E-state index is -0.289. The van der Waals surface area contributed by atoms with Gasteiger partial charge in [-0.25, -0.2) is 4.39 Å².